The minimum absolute atomic E-state index is 0.0336. The maximum atomic E-state index is 11.8. The van der Waals surface area contributed by atoms with Crippen LogP contribution in [0.1, 0.15) is 20.8 Å². The highest BCUT2D eigenvalue weighted by atomic mass is 16.6. The fourth-order valence-electron chi connectivity index (χ4n) is 2.03. The molecule has 0 saturated carbocycles. The summed E-state index contributed by atoms with van der Waals surface area (Å²) >= 11 is 0. The van der Waals surface area contributed by atoms with Crippen LogP contribution >= 0.6 is 0 Å². The Bertz CT molecular complexity index is 286. The number of nitrogens with zero attached hydrogens (tertiary/aromatic N) is 1. The third kappa shape index (κ3) is 2.47. The van der Waals surface area contributed by atoms with E-state index in [4.69, 9.17) is 14.6 Å². The van der Waals surface area contributed by atoms with E-state index in [0.29, 0.717) is 13.1 Å². The smallest absolute Gasteiger partial charge is 0.410 e. The number of epoxide rings is 1. The molecule has 2 heterocycles. The molecule has 2 fully saturated rings. The molecule has 1 N–H and O–H groups in total. The van der Waals surface area contributed by atoms with Crippen LogP contribution in [0.3, 0.4) is 0 Å². The second-order valence-corrected chi connectivity index (χ2v) is 5.47. The minimum Gasteiger partial charge on any atom is -0.444 e. The summed E-state index contributed by atoms with van der Waals surface area (Å²) in [7, 11) is 0. The number of carbonyl (C=O) groups is 1. The van der Waals surface area contributed by atoms with E-state index in [-0.39, 0.29) is 30.8 Å². The Morgan fingerprint density at radius 3 is 2.75 bits per heavy atom. The quantitative estimate of drug-likeness (QED) is 0.669. The van der Waals surface area contributed by atoms with E-state index in [9.17, 15) is 4.79 Å². The van der Waals surface area contributed by atoms with Gasteiger partial charge in [0.25, 0.3) is 0 Å². The summed E-state index contributed by atoms with van der Waals surface area (Å²) in [4.78, 5) is 13.4. The molecule has 2 aliphatic heterocycles. The molecule has 0 aromatic rings. The number of aliphatic hydroxyl groups excluding tert-OH is 1. The Morgan fingerprint density at radius 1 is 1.50 bits per heavy atom. The molecule has 16 heavy (non-hydrogen) atoms. The fraction of sp³-hybridized carbons (Fsp3) is 0.909. The highest BCUT2D eigenvalue weighted by Gasteiger charge is 2.51. The van der Waals surface area contributed by atoms with Gasteiger partial charge < -0.3 is 19.5 Å². The van der Waals surface area contributed by atoms with Gasteiger partial charge in [-0.1, -0.05) is 0 Å². The maximum Gasteiger partial charge on any atom is 0.410 e. The molecule has 0 radical (unpaired) electrons. The third-order valence-corrected chi connectivity index (χ3v) is 2.83. The first-order valence-electron chi connectivity index (χ1n) is 5.65. The highest BCUT2D eigenvalue weighted by molar-refractivity contribution is 5.68. The van der Waals surface area contributed by atoms with Gasteiger partial charge in [-0.3, -0.25) is 0 Å². The zero-order valence-electron chi connectivity index (χ0n) is 9.97. The lowest BCUT2D eigenvalue weighted by atomic mass is 9.99. The van der Waals surface area contributed by atoms with Crippen LogP contribution in [-0.2, 0) is 9.47 Å². The van der Waals surface area contributed by atoms with Gasteiger partial charge in [0, 0.05) is 12.5 Å². The summed E-state index contributed by atoms with van der Waals surface area (Å²) in [6, 6.07) is 0. The summed E-state index contributed by atoms with van der Waals surface area (Å²) in [5.74, 6) is 0.0336. The van der Waals surface area contributed by atoms with Gasteiger partial charge in [-0.05, 0) is 20.8 Å². The van der Waals surface area contributed by atoms with Crippen LogP contribution < -0.4 is 0 Å². The number of hydrogen-bond donors (Lipinski definition) is 1. The van der Waals surface area contributed by atoms with E-state index in [0.717, 1.165) is 0 Å². The monoisotopic (exact) mass is 229 g/mol. The van der Waals surface area contributed by atoms with Crippen LogP contribution in [-0.4, -0.2) is 53.6 Å². The summed E-state index contributed by atoms with van der Waals surface area (Å²) in [6.45, 7) is 6.68. The normalized spacial score (nSPS) is 33.2. The van der Waals surface area contributed by atoms with Crippen molar-refractivity contribution in [3.63, 3.8) is 0 Å². The number of carbonyl (C=O) groups excluding carboxylic acids is 1. The van der Waals surface area contributed by atoms with Gasteiger partial charge in [0.1, 0.15) is 11.7 Å². The van der Waals surface area contributed by atoms with Gasteiger partial charge >= 0.3 is 6.09 Å². The molecule has 0 unspecified atom stereocenters. The van der Waals surface area contributed by atoms with Gasteiger partial charge in [-0.25, -0.2) is 4.79 Å². The van der Waals surface area contributed by atoms with E-state index < -0.39 is 5.60 Å². The van der Waals surface area contributed by atoms with Crippen molar-refractivity contribution in [2.24, 2.45) is 5.92 Å². The molecular weight excluding hydrogens is 210 g/mol. The van der Waals surface area contributed by atoms with Crippen LogP contribution in [0.15, 0.2) is 0 Å². The van der Waals surface area contributed by atoms with Crippen LogP contribution in [0.4, 0.5) is 4.79 Å². The number of ether oxygens (including phenoxy) is 2. The molecule has 1 amide bonds. The summed E-state index contributed by atoms with van der Waals surface area (Å²) in [5.41, 5.74) is -0.479. The van der Waals surface area contributed by atoms with Crippen molar-refractivity contribution in [2.75, 3.05) is 19.7 Å². The Morgan fingerprint density at radius 2 is 2.19 bits per heavy atom. The lowest BCUT2D eigenvalue weighted by Crippen LogP contribution is -2.47. The van der Waals surface area contributed by atoms with E-state index in [1.807, 2.05) is 20.8 Å². The Labute approximate surface area is 95.3 Å². The standard InChI is InChI=1S/C11H19NO4/c1-11(2,3)16-10(14)12-4-7(6-13)9-8(5-12)15-9/h7-9,13H,4-6H2,1-3H3/t7-,8-,9+/m1/s1. The van der Waals surface area contributed by atoms with E-state index >= 15 is 0 Å². The topological polar surface area (TPSA) is 62.3 Å². The summed E-state index contributed by atoms with van der Waals surface area (Å²) in [6.07, 6.45) is -0.0815. The van der Waals surface area contributed by atoms with Crippen LogP contribution in [0.25, 0.3) is 0 Å². The number of fused-ring (bicyclic) bond motifs is 1. The molecule has 0 spiro atoms. The number of rotatable bonds is 1. The number of likely N-dealkylation sites (tertiary alicyclic amines) is 1. The van der Waals surface area contributed by atoms with Crippen LogP contribution in [0, 0.1) is 5.92 Å². The van der Waals surface area contributed by atoms with E-state index in [1.165, 1.54) is 0 Å². The Hall–Kier alpha value is -0.810. The molecule has 3 atom stereocenters. The number of amides is 1. The van der Waals surface area contributed by atoms with Gasteiger partial charge in [0.05, 0.1) is 19.3 Å². The largest absolute Gasteiger partial charge is 0.444 e. The predicted molar refractivity (Wildman–Crippen MR) is 57.0 cm³/mol. The highest BCUT2D eigenvalue weighted by Crippen LogP contribution is 2.35. The SMILES string of the molecule is CC(C)(C)OC(=O)N1C[C@H](CO)[C@@H]2O[C@@H]2C1. The maximum absolute atomic E-state index is 11.8. The number of hydrogen-bond acceptors (Lipinski definition) is 4. The van der Waals surface area contributed by atoms with Crippen molar-refractivity contribution in [2.45, 2.75) is 38.6 Å². The number of piperidine rings is 1. The van der Waals surface area contributed by atoms with Gasteiger partial charge in [-0.15, -0.1) is 0 Å². The van der Waals surface area contributed by atoms with Crippen LogP contribution in [0.5, 0.6) is 0 Å². The molecule has 0 aliphatic carbocycles. The molecular formula is C11H19NO4. The predicted octanol–water partition coefficient (Wildman–Crippen LogP) is 0.613. The molecule has 5 heteroatoms. The molecule has 0 bridgehead atoms. The molecule has 2 saturated heterocycles. The van der Waals surface area contributed by atoms with Crippen molar-refractivity contribution < 1.29 is 19.4 Å². The molecule has 2 aliphatic rings. The lowest BCUT2D eigenvalue weighted by molar-refractivity contribution is 0.0166. The fourth-order valence-corrected chi connectivity index (χ4v) is 2.03. The molecule has 92 valence electrons. The molecule has 2 rings (SSSR count). The lowest BCUT2D eigenvalue weighted by Gasteiger charge is -2.31. The first-order valence-corrected chi connectivity index (χ1v) is 5.65. The van der Waals surface area contributed by atoms with E-state index in [1.54, 1.807) is 4.90 Å². The first kappa shape index (κ1) is 11.7. The van der Waals surface area contributed by atoms with Gasteiger partial charge in [0.2, 0.25) is 0 Å². The second-order valence-electron chi connectivity index (χ2n) is 5.47. The van der Waals surface area contributed by atoms with Gasteiger partial charge in [-0.2, -0.15) is 0 Å². The number of aliphatic hydroxyl groups is 1. The minimum atomic E-state index is -0.479. The van der Waals surface area contributed by atoms with Gasteiger partial charge in [0.15, 0.2) is 0 Å². The Balaban J connectivity index is 1.92. The van der Waals surface area contributed by atoms with Crippen molar-refractivity contribution in [3.05, 3.63) is 0 Å². The molecule has 0 aromatic carbocycles. The average molecular weight is 229 g/mol. The van der Waals surface area contributed by atoms with Crippen molar-refractivity contribution >= 4 is 6.09 Å². The first-order chi connectivity index (χ1) is 7.40. The van der Waals surface area contributed by atoms with Crippen LogP contribution in [0.2, 0.25) is 0 Å². The van der Waals surface area contributed by atoms with Crippen molar-refractivity contribution in [1.29, 1.82) is 0 Å². The second kappa shape index (κ2) is 3.89. The average Bonchev–Trinajstić information content (AvgIpc) is 2.91. The van der Waals surface area contributed by atoms with Crippen molar-refractivity contribution in [1.82, 2.24) is 4.90 Å². The molecule has 5 nitrogen and oxygen atoms in total. The summed E-state index contributed by atoms with van der Waals surface area (Å²) < 4.78 is 10.7. The Kier molecular flexibility index (Phi) is 2.84. The summed E-state index contributed by atoms with van der Waals surface area (Å²) in [5, 5.41) is 9.16. The zero-order valence-corrected chi connectivity index (χ0v) is 9.97. The molecule has 0 aromatic heterocycles. The van der Waals surface area contributed by atoms with Crippen molar-refractivity contribution in [3.8, 4) is 0 Å². The third-order valence-electron chi connectivity index (χ3n) is 2.83. The zero-order chi connectivity index (χ0) is 11.9. The van der Waals surface area contributed by atoms with E-state index in [2.05, 4.69) is 0 Å².